The number of carbonyl (C=O) groups is 3. The van der Waals surface area contributed by atoms with Crippen LogP contribution in [0.2, 0.25) is 0 Å². The summed E-state index contributed by atoms with van der Waals surface area (Å²) in [7, 11) is 5.51. The maximum Gasteiger partial charge on any atom is 0.362 e. The molecule has 0 bridgehead atoms. The Morgan fingerprint density at radius 2 is 0.982 bits per heavy atom. The Labute approximate surface area is 350 Å². The summed E-state index contributed by atoms with van der Waals surface area (Å²) in [5, 5.41) is 9.62. The van der Waals surface area contributed by atoms with Crippen molar-refractivity contribution in [1.29, 1.82) is 0 Å². The smallest absolute Gasteiger partial charge is 0.362 e. The first-order valence-electron chi connectivity index (χ1n) is 23.2. The molecule has 0 fully saturated rings. The van der Waals surface area contributed by atoms with Gasteiger partial charge in [-0.25, -0.2) is 4.79 Å². The third kappa shape index (κ3) is 38.6. The third-order valence-corrected chi connectivity index (χ3v) is 10.3. The number of esters is 2. The Balaban J connectivity index is 4.28. The van der Waals surface area contributed by atoms with E-state index in [2.05, 4.69) is 26.0 Å². The molecule has 0 aliphatic heterocycles. The maximum absolute atomic E-state index is 12.7. The van der Waals surface area contributed by atoms with Gasteiger partial charge in [-0.3, -0.25) is 9.59 Å². The van der Waals surface area contributed by atoms with Crippen LogP contribution in [0.25, 0.3) is 0 Å². The number of nitrogens with zero attached hydrogens (tertiary/aromatic N) is 1. The van der Waals surface area contributed by atoms with Gasteiger partial charge in [0.1, 0.15) is 6.61 Å². The zero-order valence-corrected chi connectivity index (χ0v) is 37.5. The van der Waals surface area contributed by atoms with E-state index < -0.39 is 18.1 Å². The fraction of sp³-hybridized carbons (Fsp3) is 0.776. The van der Waals surface area contributed by atoms with Crippen molar-refractivity contribution >= 4 is 17.9 Å². The first kappa shape index (κ1) is 54.3. The van der Waals surface area contributed by atoms with Crippen molar-refractivity contribution in [2.24, 2.45) is 0 Å². The van der Waals surface area contributed by atoms with Crippen LogP contribution in [-0.4, -0.2) is 80.6 Å². The maximum atomic E-state index is 12.7. The molecule has 0 aromatic heterocycles. The minimum atomic E-state index is -0.882. The van der Waals surface area contributed by atoms with E-state index in [9.17, 15) is 19.5 Å². The summed E-state index contributed by atoms with van der Waals surface area (Å²) in [5.41, 5.74) is 0. The van der Waals surface area contributed by atoms with Crippen LogP contribution >= 0.6 is 0 Å². The highest BCUT2D eigenvalue weighted by atomic mass is 16.6. The molecule has 0 radical (unpaired) electrons. The highest BCUT2D eigenvalue weighted by Crippen LogP contribution is 2.16. The van der Waals surface area contributed by atoms with Gasteiger partial charge in [0.25, 0.3) is 0 Å². The van der Waals surface area contributed by atoms with E-state index in [-0.39, 0.29) is 42.7 Å². The highest BCUT2D eigenvalue weighted by molar-refractivity contribution is 5.72. The highest BCUT2D eigenvalue weighted by Gasteiger charge is 2.31. The van der Waals surface area contributed by atoms with E-state index in [0.717, 1.165) is 44.9 Å². The molecule has 0 aliphatic rings. The van der Waals surface area contributed by atoms with Gasteiger partial charge in [0.2, 0.25) is 0 Å². The van der Waals surface area contributed by atoms with Crippen LogP contribution in [0.5, 0.6) is 0 Å². The van der Waals surface area contributed by atoms with Gasteiger partial charge in [0.15, 0.2) is 12.1 Å². The second-order valence-corrected chi connectivity index (χ2v) is 16.7. The van der Waals surface area contributed by atoms with Crippen LogP contribution in [0.3, 0.4) is 0 Å². The average Bonchev–Trinajstić information content (AvgIpc) is 3.17. The minimum absolute atomic E-state index is 0.0458. The number of aliphatic carboxylic acids is 1. The minimum Gasteiger partial charge on any atom is -0.477 e. The van der Waals surface area contributed by atoms with Gasteiger partial charge >= 0.3 is 17.9 Å². The molecule has 0 amide bonds. The molecule has 1 N–H and O–H groups in total. The molecule has 57 heavy (non-hydrogen) atoms. The van der Waals surface area contributed by atoms with E-state index in [1.54, 1.807) is 0 Å². The number of hydrogen-bond donors (Lipinski definition) is 1. The van der Waals surface area contributed by atoms with Crippen LogP contribution < -0.4 is 0 Å². The number of carboxylic acid groups (broad SMARTS) is 1. The van der Waals surface area contributed by atoms with Gasteiger partial charge in [-0.15, -0.1) is 0 Å². The van der Waals surface area contributed by atoms with Crippen LogP contribution in [0.4, 0.5) is 0 Å². The Morgan fingerprint density at radius 3 is 1.46 bits per heavy atom. The molecular formula is C49H88NO7+. The van der Waals surface area contributed by atoms with E-state index in [4.69, 9.17) is 14.2 Å². The number of carboxylic acids is 1. The zero-order valence-electron chi connectivity index (χ0n) is 37.5. The third-order valence-electron chi connectivity index (χ3n) is 10.3. The Hall–Kier alpha value is -2.71. The SMILES string of the molecule is CC/C=C/C=C/C=C/C=C/CCCCCC(=O)OC(COCCC(C(=O)O)[N+](C)(C)C)COC(=O)CCCCCCCCCCCCCCCCCCCCCC. The quantitative estimate of drug-likeness (QED) is 0.0284. The molecule has 0 heterocycles. The molecule has 0 spiro atoms. The Bertz CT molecular complexity index is 1070. The molecule has 0 aromatic carbocycles. The largest absolute Gasteiger partial charge is 0.477 e. The fourth-order valence-electron chi connectivity index (χ4n) is 6.75. The molecule has 2 unspecified atom stereocenters. The lowest BCUT2D eigenvalue weighted by atomic mass is 10.0. The van der Waals surface area contributed by atoms with Gasteiger partial charge < -0.3 is 23.8 Å². The molecule has 0 saturated carbocycles. The number of ether oxygens (including phenoxy) is 3. The Morgan fingerprint density at radius 1 is 0.544 bits per heavy atom. The first-order chi connectivity index (χ1) is 27.6. The lowest BCUT2D eigenvalue weighted by Gasteiger charge is -2.31. The zero-order chi connectivity index (χ0) is 42.1. The van der Waals surface area contributed by atoms with Crippen LogP contribution in [0, 0.1) is 0 Å². The molecule has 2 atom stereocenters. The van der Waals surface area contributed by atoms with Gasteiger partial charge in [0, 0.05) is 19.3 Å². The summed E-state index contributed by atoms with van der Waals surface area (Å²) in [6, 6.07) is -0.622. The normalized spacial score (nSPS) is 13.4. The molecule has 0 saturated heterocycles. The lowest BCUT2D eigenvalue weighted by Crippen LogP contribution is -2.50. The molecule has 0 rings (SSSR count). The monoisotopic (exact) mass is 803 g/mol. The summed E-state index contributed by atoms with van der Waals surface area (Å²) < 4.78 is 17.2. The molecule has 0 aliphatic carbocycles. The van der Waals surface area contributed by atoms with Crippen molar-refractivity contribution < 1.29 is 38.2 Å². The molecule has 8 heteroatoms. The summed E-state index contributed by atoms with van der Waals surface area (Å²) >= 11 is 0. The van der Waals surface area contributed by atoms with Crippen molar-refractivity contribution in [3.8, 4) is 0 Å². The number of hydrogen-bond acceptors (Lipinski definition) is 6. The van der Waals surface area contributed by atoms with Gasteiger partial charge in [-0.2, -0.15) is 0 Å². The van der Waals surface area contributed by atoms with Crippen molar-refractivity contribution in [3.63, 3.8) is 0 Å². The predicted octanol–water partition coefficient (Wildman–Crippen LogP) is 12.8. The standard InChI is InChI=1S/C49H87NO7/c1-6-8-10-12-14-16-18-20-21-22-23-24-25-26-28-29-31-33-35-37-39-47(51)56-44-45(43-55-42-41-46(49(53)54)50(3,4)5)57-48(52)40-38-36-34-32-30-27-19-17-15-13-11-9-7-2/h9,11,13,15,17,19,27,30,45-46H,6-8,10,12,14,16,18,20-26,28-29,31-44H2,1-5H3/p+1/b11-9+,15-13+,19-17+,30-27+. The van der Waals surface area contributed by atoms with Crippen LogP contribution in [0.1, 0.15) is 194 Å². The average molecular weight is 803 g/mol. The van der Waals surface area contributed by atoms with Crippen LogP contribution in [0.15, 0.2) is 48.6 Å². The van der Waals surface area contributed by atoms with Gasteiger partial charge in [-0.1, -0.05) is 191 Å². The molecule has 330 valence electrons. The van der Waals surface area contributed by atoms with Crippen molar-refractivity contribution in [2.45, 2.75) is 206 Å². The fourth-order valence-corrected chi connectivity index (χ4v) is 6.75. The molecular weight excluding hydrogens is 715 g/mol. The molecule has 8 nitrogen and oxygen atoms in total. The summed E-state index contributed by atoms with van der Waals surface area (Å²) in [6.45, 7) is 4.57. The Kier molecular flexibility index (Phi) is 38.2. The number of unbranched alkanes of at least 4 members (excludes halogenated alkanes) is 22. The summed E-state index contributed by atoms with van der Waals surface area (Å²) in [6.07, 6.45) is 47.4. The van der Waals surface area contributed by atoms with E-state index >= 15 is 0 Å². The number of quaternary nitrogens is 1. The number of likely N-dealkylation sites (N-methyl/N-ethyl adjacent to an activating group) is 1. The second-order valence-electron chi connectivity index (χ2n) is 16.7. The van der Waals surface area contributed by atoms with Crippen molar-refractivity contribution in [3.05, 3.63) is 48.6 Å². The first-order valence-corrected chi connectivity index (χ1v) is 23.2. The topological polar surface area (TPSA) is 99.1 Å². The van der Waals surface area contributed by atoms with E-state index in [1.165, 1.54) is 109 Å². The predicted molar refractivity (Wildman–Crippen MR) is 238 cm³/mol. The van der Waals surface area contributed by atoms with E-state index in [1.807, 2.05) is 57.6 Å². The van der Waals surface area contributed by atoms with E-state index in [0.29, 0.717) is 19.3 Å². The lowest BCUT2D eigenvalue weighted by molar-refractivity contribution is -0.887. The number of carbonyl (C=O) groups excluding carboxylic acids is 2. The number of rotatable bonds is 41. The number of allylic oxidation sites excluding steroid dienone is 8. The van der Waals surface area contributed by atoms with Crippen LogP contribution in [-0.2, 0) is 28.6 Å². The van der Waals surface area contributed by atoms with Crippen molar-refractivity contribution in [2.75, 3.05) is 41.0 Å². The molecule has 0 aromatic rings. The summed E-state index contributed by atoms with van der Waals surface area (Å²) in [5.74, 6) is -1.51. The summed E-state index contributed by atoms with van der Waals surface area (Å²) in [4.78, 5) is 37.0. The van der Waals surface area contributed by atoms with Gasteiger partial charge in [0.05, 0.1) is 34.4 Å². The second kappa shape index (κ2) is 40.1. The van der Waals surface area contributed by atoms with Gasteiger partial charge in [-0.05, 0) is 32.1 Å². The van der Waals surface area contributed by atoms with Crippen molar-refractivity contribution in [1.82, 2.24) is 0 Å².